The van der Waals surface area contributed by atoms with Gasteiger partial charge >= 0.3 is 0 Å². The molecule has 3 heteroatoms. The molecule has 89 valence electrons. The summed E-state index contributed by atoms with van der Waals surface area (Å²) in [6.45, 7) is 2.14. The molecule has 0 aliphatic rings. The van der Waals surface area contributed by atoms with Gasteiger partial charge in [0.2, 0.25) is 0 Å². The lowest BCUT2D eigenvalue weighted by atomic mass is 10.1. The van der Waals surface area contributed by atoms with Gasteiger partial charge in [0, 0.05) is 59.7 Å². The Morgan fingerprint density at radius 2 is 1.44 bits per heavy atom. The van der Waals surface area contributed by atoms with Gasteiger partial charge < -0.3 is 14.7 Å². The summed E-state index contributed by atoms with van der Waals surface area (Å²) >= 11 is 0. The Balaban J connectivity index is 3.39. The van der Waals surface area contributed by atoms with Gasteiger partial charge in [0.25, 0.3) is 0 Å². The van der Waals surface area contributed by atoms with E-state index in [1.807, 2.05) is 14.1 Å². The van der Waals surface area contributed by atoms with E-state index in [-0.39, 0.29) is 0 Å². The van der Waals surface area contributed by atoms with Crippen molar-refractivity contribution in [2.75, 3.05) is 57.0 Å². The maximum Gasteiger partial charge on any atom is 0.0513 e. The summed E-state index contributed by atoms with van der Waals surface area (Å²) in [4.78, 5) is 6.33. The maximum atomic E-state index is 3.43. The first kappa shape index (κ1) is 12.7. The standard InChI is InChI=1S/C13H22N3/c1-10-12(15(4)5)8-11(14(2)3)9-13(10)16(6)7/h8H,1-7H3. The molecule has 0 aliphatic heterocycles. The second-order valence-corrected chi connectivity index (χ2v) is 4.70. The van der Waals surface area contributed by atoms with Crippen molar-refractivity contribution in [3.8, 4) is 0 Å². The summed E-state index contributed by atoms with van der Waals surface area (Å²) < 4.78 is 0. The number of benzene rings is 1. The Hall–Kier alpha value is -1.38. The molecule has 0 unspecified atom stereocenters. The van der Waals surface area contributed by atoms with Crippen LogP contribution in [0.5, 0.6) is 0 Å². The highest BCUT2D eigenvalue weighted by molar-refractivity contribution is 5.73. The van der Waals surface area contributed by atoms with E-state index in [9.17, 15) is 0 Å². The summed E-state index contributed by atoms with van der Waals surface area (Å²) in [5, 5.41) is 0. The molecule has 1 rings (SSSR count). The predicted octanol–water partition coefficient (Wildman–Crippen LogP) is 1.99. The third-order valence-corrected chi connectivity index (χ3v) is 2.67. The number of hydrogen-bond donors (Lipinski definition) is 0. The minimum absolute atomic E-state index is 1.11. The van der Waals surface area contributed by atoms with Crippen molar-refractivity contribution < 1.29 is 0 Å². The first-order valence-electron chi connectivity index (χ1n) is 5.43. The Labute approximate surface area is 99.3 Å². The zero-order chi connectivity index (χ0) is 12.5. The first-order chi connectivity index (χ1) is 7.34. The van der Waals surface area contributed by atoms with Crippen LogP contribution in [0, 0.1) is 13.0 Å². The van der Waals surface area contributed by atoms with Crippen molar-refractivity contribution in [1.82, 2.24) is 0 Å². The van der Waals surface area contributed by atoms with Crippen LogP contribution in [-0.2, 0) is 0 Å². The van der Waals surface area contributed by atoms with Crippen LogP contribution in [0.4, 0.5) is 17.1 Å². The van der Waals surface area contributed by atoms with E-state index < -0.39 is 0 Å². The summed E-state index contributed by atoms with van der Waals surface area (Å²) in [7, 11) is 12.3. The number of hydrogen-bond acceptors (Lipinski definition) is 3. The molecule has 0 atom stereocenters. The van der Waals surface area contributed by atoms with Crippen LogP contribution in [0.3, 0.4) is 0 Å². The van der Waals surface area contributed by atoms with Gasteiger partial charge in [0.05, 0.1) is 5.69 Å². The van der Waals surface area contributed by atoms with E-state index >= 15 is 0 Å². The van der Waals surface area contributed by atoms with Crippen molar-refractivity contribution in [2.24, 2.45) is 0 Å². The molecule has 0 saturated carbocycles. The van der Waals surface area contributed by atoms with Crippen LogP contribution < -0.4 is 14.7 Å². The number of rotatable bonds is 3. The van der Waals surface area contributed by atoms with Crippen molar-refractivity contribution in [1.29, 1.82) is 0 Å². The topological polar surface area (TPSA) is 9.72 Å². The molecule has 0 spiro atoms. The van der Waals surface area contributed by atoms with Crippen molar-refractivity contribution >= 4 is 17.1 Å². The molecule has 0 N–H and O–H groups in total. The fourth-order valence-electron chi connectivity index (χ4n) is 1.76. The van der Waals surface area contributed by atoms with Gasteiger partial charge in [-0.05, 0) is 18.6 Å². The zero-order valence-electron chi connectivity index (χ0n) is 11.4. The van der Waals surface area contributed by atoms with Crippen molar-refractivity contribution in [3.63, 3.8) is 0 Å². The molecule has 0 saturated heterocycles. The molecule has 0 fully saturated rings. The summed E-state index contributed by atoms with van der Waals surface area (Å²) in [6.07, 6.45) is 0. The normalized spacial score (nSPS) is 10.2. The van der Waals surface area contributed by atoms with Gasteiger partial charge in [-0.2, -0.15) is 0 Å². The lowest BCUT2D eigenvalue weighted by Gasteiger charge is -2.25. The van der Waals surface area contributed by atoms with Crippen LogP contribution >= 0.6 is 0 Å². The molecule has 0 aromatic heterocycles. The maximum absolute atomic E-state index is 3.43. The van der Waals surface area contributed by atoms with Crippen LogP contribution in [0.2, 0.25) is 0 Å². The van der Waals surface area contributed by atoms with E-state index in [0.717, 1.165) is 11.4 Å². The zero-order valence-corrected chi connectivity index (χ0v) is 11.4. The molecule has 1 aromatic rings. The van der Waals surface area contributed by atoms with Gasteiger partial charge in [0.1, 0.15) is 0 Å². The van der Waals surface area contributed by atoms with Crippen molar-refractivity contribution in [3.05, 3.63) is 17.7 Å². The van der Waals surface area contributed by atoms with E-state index in [4.69, 9.17) is 0 Å². The van der Waals surface area contributed by atoms with Gasteiger partial charge in [-0.25, -0.2) is 0 Å². The number of nitrogens with zero attached hydrogens (tertiary/aromatic N) is 3. The minimum atomic E-state index is 1.11. The lowest BCUT2D eigenvalue weighted by molar-refractivity contribution is 1.06. The molecule has 3 nitrogen and oxygen atoms in total. The Morgan fingerprint density at radius 1 is 0.875 bits per heavy atom. The third-order valence-electron chi connectivity index (χ3n) is 2.67. The first-order valence-corrected chi connectivity index (χ1v) is 5.43. The van der Waals surface area contributed by atoms with Crippen LogP contribution in [0.25, 0.3) is 0 Å². The summed E-state index contributed by atoms with van der Waals surface area (Å²) in [5.74, 6) is 0. The fraction of sp³-hybridized carbons (Fsp3) is 0.538. The molecular weight excluding hydrogens is 198 g/mol. The molecule has 1 radical (unpaired) electrons. The van der Waals surface area contributed by atoms with Gasteiger partial charge in [0.15, 0.2) is 0 Å². The highest BCUT2D eigenvalue weighted by Crippen LogP contribution is 2.32. The average molecular weight is 220 g/mol. The molecule has 16 heavy (non-hydrogen) atoms. The molecular formula is C13H22N3. The summed E-state index contributed by atoms with van der Waals surface area (Å²) in [5.41, 5.74) is 4.76. The van der Waals surface area contributed by atoms with Crippen molar-refractivity contribution in [2.45, 2.75) is 6.92 Å². The third kappa shape index (κ3) is 2.40. The molecule has 1 aromatic carbocycles. The molecule has 0 heterocycles. The van der Waals surface area contributed by atoms with Gasteiger partial charge in [-0.15, -0.1) is 0 Å². The Bertz CT molecular complexity index is 338. The number of anilines is 3. The van der Waals surface area contributed by atoms with E-state index in [1.165, 1.54) is 11.3 Å². The molecule has 0 bridgehead atoms. The predicted molar refractivity (Wildman–Crippen MR) is 73.0 cm³/mol. The largest absolute Gasteiger partial charge is 0.377 e. The quantitative estimate of drug-likeness (QED) is 0.771. The SMILES string of the molecule is Cc1c(N(C)C)[c]c(N(C)C)cc1N(C)C. The van der Waals surface area contributed by atoms with E-state index in [2.05, 4.69) is 61.9 Å². The van der Waals surface area contributed by atoms with Gasteiger partial charge in [-0.3, -0.25) is 0 Å². The van der Waals surface area contributed by atoms with Gasteiger partial charge in [-0.1, -0.05) is 0 Å². The fourth-order valence-corrected chi connectivity index (χ4v) is 1.76. The second-order valence-electron chi connectivity index (χ2n) is 4.70. The van der Waals surface area contributed by atoms with Crippen LogP contribution in [0.15, 0.2) is 6.07 Å². The molecule has 0 amide bonds. The highest BCUT2D eigenvalue weighted by Gasteiger charge is 2.11. The molecule has 0 aliphatic carbocycles. The summed E-state index contributed by atoms with van der Waals surface area (Å²) in [6, 6.07) is 5.60. The van der Waals surface area contributed by atoms with Crippen LogP contribution in [-0.4, -0.2) is 42.3 Å². The highest BCUT2D eigenvalue weighted by atomic mass is 15.1. The van der Waals surface area contributed by atoms with Crippen LogP contribution in [0.1, 0.15) is 5.56 Å². The Kier molecular flexibility index (Phi) is 3.68. The van der Waals surface area contributed by atoms with E-state index in [0.29, 0.717) is 0 Å². The second kappa shape index (κ2) is 4.64. The smallest absolute Gasteiger partial charge is 0.0513 e. The minimum Gasteiger partial charge on any atom is -0.377 e. The van der Waals surface area contributed by atoms with E-state index in [1.54, 1.807) is 0 Å². The monoisotopic (exact) mass is 220 g/mol. The average Bonchev–Trinajstić information content (AvgIpc) is 2.16. The Morgan fingerprint density at radius 3 is 1.81 bits per heavy atom. The lowest BCUT2D eigenvalue weighted by Crippen LogP contribution is -2.18.